The molecule has 0 bridgehead atoms. The molecule has 5 aromatic rings. The van der Waals surface area contributed by atoms with E-state index in [2.05, 4.69) is 32.6 Å². The van der Waals surface area contributed by atoms with E-state index in [1.54, 1.807) is 7.05 Å². The van der Waals surface area contributed by atoms with Crippen LogP contribution < -0.4 is 10.9 Å². The number of benzene rings is 2. The Morgan fingerprint density at radius 2 is 1.83 bits per heavy atom. The smallest absolute Gasteiger partial charge is 0.262 e. The number of aromatic nitrogens is 6. The number of rotatable bonds is 5. The highest BCUT2D eigenvalue weighted by molar-refractivity contribution is 8.00. The van der Waals surface area contributed by atoms with Gasteiger partial charge in [0, 0.05) is 12.7 Å². The Morgan fingerprint density at radius 1 is 1.03 bits per heavy atom. The van der Waals surface area contributed by atoms with Crippen molar-refractivity contribution in [3.05, 3.63) is 70.3 Å². The molecule has 0 spiro atoms. The van der Waals surface area contributed by atoms with Gasteiger partial charge in [0.1, 0.15) is 5.82 Å². The van der Waals surface area contributed by atoms with Crippen LogP contribution in [0.4, 0.5) is 10.8 Å². The zero-order valence-corrected chi connectivity index (χ0v) is 17.9. The second-order valence-corrected chi connectivity index (χ2v) is 8.99. The van der Waals surface area contributed by atoms with Crippen LogP contribution in [-0.2, 0) is 12.8 Å². The number of thioether (sulfide) groups is 1. The molecule has 8 nitrogen and oxygen atoms in total. The molecule has 5 rings (SSSR count). The summed E-state index contributed by atoms with van der Waals surface area (Å²) >= 11 is 3.02. The summed E-state index contributed by atoms with van der Waals surface area (Å²) in [7, 11) is 1.71. The van der Waals surface area contributed by atoms with Crippen molar-refractivity contribution in [1.82, 2.24) is 29.4 Å². The van der Waals surface area contributed by atoms with Gasteiger partial charge in [0.25, 0.3) is 5.56 Å². The van der Waals surface area contributed by atoms with Crippen LogP contribution >= 0.6 is 23.1 Å². The molecule has 2 aromatic carbocycles. The maximum Gasteiger partial charge on any atom is 0.262 e. The zero-order chi connectivity index (χ0) is 20.7. The Labute approximate surface area is 179 Å². The molecule has 0 amide bonds. The molecule has 0 atom stereocenters. The fraction of sp³-hybridized carbons (Fsp3) is 0.150. The maximum absolute atomic E-state index is 12.6. The van der Waals surface area contributed by atoms with Gasteiger partial charge in [0.15, 0.2) is 4.34 Å². The van der Waals surface area contributed by atoms with Crippen LogP contribution in [-0.4, -0.2) is 29.4 Å². The Kier molecular flexibility index (Phi) is 4.72. The van der Waals surface area contributed by atoms with Gasteiger partial charge < -0.3 is 5.32 Å². The number of hydrogen-bond acceptors (Lipinski definition) is 8. The highest BCUT2D eigenvalue weighted by Crippen LogP contribution is 2.30. The van der Waals surface area contributed by atoms with Gasteiger partial charge in [-0.15, -0.1) is 20.4 Å². The second kappa shape index (κ2) is 7.54. The lowest BCUT2D eigenvalue weighted by Crippen LogP contribution is -2.20. The number of aryl methyl sites for hydroxylation is 2. The largest absolute Gasteiger partial charge is 0.330 e. The molecule has 0 saturated carbocycles. The van der Waals surface area contributed by atoms with Crippen molar-refractivity contribution in [2.75, 3.05) is 5.32 Å². The molecule has 0 aliphatic rings. The quantitative estimate of drug-likeness (QED) is 0.420. The number of fused-ring (bicyclic) bond motifs is 3. The minimum Gasteiger partial charge on any atom is -0.330 e. The predicted molar refractivity (Wildman–Crippen MR) is 120 cm³/mol. The van der Waals surface area contributed by atoms with Gasteiger partial charge in [-0.3, -0.25) is 13.8 Å². The SMILES string of the molecule is Cc1ccc(Nc2nnc(SCc3nnc4n(C)c(=O)c5ccccc5n34)s2)cc1. The summed E-state index contributed by atoms with van der Waals surface area (Å²) in [6.45, 7) is 2.05. The van der Waals surface area contributed by atoms with Gasteiger partial charge in [0.05, 0.1) is 16.7 Å². The Hall–Kier alpha value is -3.24. The lowest BCUT2D eigenvalue weighted by Gasteiger charge is -2.07. The number of hydrogen-bond donors (Lipinski definition) is 1. The summed E-state index contributed by atoms with van der Waals surface area (Å²) in [5, 5.41) is 21.7. The van der Waals surface area contributed by atoms with Crippen LogP contribution in [0.25, 0.3) is 16.7 Å². The molecule has 0 aliphatic heterocycles. The molecule has 150 valence electrons. The zero-order valence-electron chi connectivity index (χ0n) is 16.2. The molecule has 0 radical (unpaired) electrons. The Bertz CT molecular complexity index is 1420. The molecular weight excluding hydrogens is 418 g/mol. The van der Waals surface area contributed by atoms with Gasteiger partial charge in [-0.1, -0.05) is 52.9 Å². The minimum absolute atomic E-state index is 0.0827. The Balaban J connectivity index is 1.40. The van der Waals surface area contributed by atoms with Crippen LogP contribution in [0.15, 0.2) is 57.7 Å². The summed E-state index contributed by atoms with van der Waals surface area (Å²) < 4.78 is 4.28. The molecule has 0 aliphatic carbocycles. The summed E-state index contributed by atoms with van der Waals surface area (Å²) in [6, 6.07) is 15.6. The van der Waals surface area contributed by atoms with Crippen molar-refractivity contribution in [3.63, 3.8) is 0 Å². The third kappa shape index (κ3) is 3.33. The van der Waals surface area contributed by atoms with E-state index in [-0.39, 0.29) is 5.56 Å². The minimum atomic E-state index is -0.0827. The van der Waals surface area contributed by atoms with Crippen molar-refractivity contribution < 1.29 is 0 Å². The van der Waals surface area contributed by atoms with Gasteiger partial charge in [-0.05, 0) is 31.2 Å². The summed E-state index contributed by atoms with van der Waals surface area (Å²) in [4.78, 5) is 12.6. The molecule has 0 fully saturated rings. The lowest BCUT2D eigenvalue weighted by atomic mass is 10.2. The van der Waals surface area contributed by atoms with Crippen LogP contribution in [0, 0.1) is 6.92 Å². The van der Waals surface area contributed by atoms with Crippen molar-refractivity contribution in [2.24, 2.45) is 7.05 Å². The highest BCUT2D eigenvalue weighted by atomic mass is 32.2. The van der Waals surface area contributed by atoms with Crippen LogP contribution in [0.2, 0.25) is 0 Å². The van der Waals surface area contributed by atoms with Crippen molar-refractivity contribution >= 4 is 50.6 Å². The molecule has 30 heavy (non-hydrogen) atoms. The molecule has 10 heteroatoms. The van der Waals surface area contributed by atoms with Crippen LogP contribution in [0.5, 0.6) is 0 Å². The van der Waals surface area contributed by atoms with Gasteiger partial charge >= 0.3 is 0 Å². The monoisotopic (exact) mass is 435 g/mol. The normalized spacial score (nSPS) is 11.4. The first-order chi connectivity index (χ1) is 14.6. The molecule has 3 aromatic heterocycles. The third-order valence-electron chi connectivity index (χ3n) is 4.73. The van der Waals surface area contributed by atoms with Crippen molar-refractivity contribution in [2.45, 2.75) is 17.0 Å². The van der Waals surface area contributed by atoms with E-state index in [0.717, 1.165) is 26.5 Å². The maximum atomic E-state index is 12.6. The van der Waals surface area contributed by atoms with E-state index in [9.17, 15) is 4.79 Å². The van der Waals surface area contributed by atoms with E-state index in [4.69, 9.17) is 0 Å². The fourth-order valence-electron chi connectivity index (χ4n) is 3.19. The number of para-hydroxylation sites is 1. The van der Waals surface area contributed by atoms with E-state index >= 15 is 0 Å². The number of nitrogens with zero attached hydrogens (tertiary/aromatic N) is 6. The van der Waals surface area contributed by atoms with E-state index in [1.165, 1.54) is 33.2 Å². The Morgan fingerprint density at radius 3 is 2.67 bits per heavy atom. The number of nitrogens with one attached hydrogen (secondary N) is 1. The van der Waals surface area contributed by atoms with E-state index < -0.39 is 0 Å². The molecule has 1 N–H and O–H groups in total. The summed E-state index contributed by atoms with van der Waals surface area (Å²) in [6.07, 6.45) is 0. The van der Waals surface area contributed by atoms with Crippen LogP contribution in [0.3, 0.4) is 0 Å². The van der Waals surface area contributed by atoms with Gasteiger partial charge in [-0.25, -0.2) is 0 Å². The predicted octanol–water partition coefficient (Wildman–Crippen LogP) is 3.78. The number of anilines is 2. The van der Waals surface area contributed by atoms with Crippen molar-refractivity contribution in [3.8, 4) is 0 Å². The highest BCUT2D eigenvalue weighted by Gasteiger charge is 2.15. The molecule has 3 heterocycles. The first-order valence-corrected chi connectivity index (χ1v) is 11.0. The standard InChI is InChI=1S/C20H17N7OS2/c1-12-7-9-13(10-8-12)21-18-23-25-20(30-18)29-11-16-22-24-19-26(2)17(28)14-5-3-4-6-15(14)27(16)19/h3-10H,11H2,1-2H3,(H,21,23). The molecular formula is C20H17N7OS2. The average molecular weight is 436 g/mol. The second-order valence-electron chi connectivity index (χ2n) is 6.79. The van der Waals surface area contributed by atoms with E-state index in [1.807, 2.05) is 52.9 Å². The molecule has 0 saturated heterocycles. The van der Waals surface area contributed by atoms with Gasteiger partial charge in [0.2, 0.25) is 10.9 Å². The van der Waals surface area contributed by atoms with E-state index in [0.29, 0.717) is 16.9 Å². The first-order valence-electron chi connectivity index (χ1n) is 9.22. The summed E-state index contributed by atoms with van der Waals surface area (Å²) in [5.74, 6) is 1.83. The van der Waals surface area contributed by atoms with Crippen molar-refractivity contribution in [1.29, 1.82) is 0 Å². The van der Waals surface area contributed by atoms with Crippen LogP contribution in [0.1, 0.15) is 11.4 Å². The first kappa shape index (κ1) is 18.8. The summed E-state index contributed by atoms with van der Waals surface area (Å²) in [5.41, 5.74) is 2.90. The third-order valence-corrected chi connectivity index (χ3v) is 6.70. The molecule has 0 unspecified atom stereocenters. The average Bonchev–Trinajstić information content (AvgIpc) is 3.39. The topological polar surface area (TPSA) is 90.0 Å². The fourth-order valence-corrected chi connectivity index (χ4v) is 4.88. The lowest BCUT2D eigenvalue weighted by molar-refractivity contribution is 0.857. The van der Waals surface area contributed by atoms with Gasteiger partial charge in [-0.2, -0.15) is 0 Å².